The van der Waals surface area contributed by atoms with Crippen molar-refractivity contribution in [1.29, 1.82) is 0 Å². The molecule has 1 aromatic rings. The zero-order valence-electron chi connectivity index (χ0n) is 13.8. The zero-order valence-corrected chi connectivity index (χ0v) is 13.8. The summed E-state index contributed by atoms with van der Waals surface area (Å²) in [5.74, 6) is -3.17. The van der Waals surface area contributed by atoms with Gasteiger partial charge in [-0.3, -0.25) is 30.6 Å². The molecule has 25 heavy (non-hydrogen) atoms. The molecular weight excluding hydrogens is 330 g/mol. The van der Waals surface area contributed by atoms with Crippen LogP contribution in [0, 0.1) is 16.0 Å². The summed E-state index contributed by atoms with van der Waals surface area (Å²) < 4.78 is 0. The summed E-state index contributed by atoms with van der Waals surface area (Å²) >= 11 is 0. The van der Waals surface area contributed by atoms with Crippen LogP contribution in [-0.4, -0.2) is 22.7 Å². The van der Waals surface area contributed by atoms with Crippen LogP contribution in [0.15, 0.2) is 24.3 Å². The Bertz CT molecular complexity index is 647. The molecule has 9 heteroatoms. The molecule has 2 amide bonds. The first-order chi connectivity index (χ1) is 11.8. The molecule has 0 spiro atoms. The van der Waals surface area contributed by atoms with E-state index in [0.717, 1.165) is 18.9 Å². The Balaban J connectivity index is 2.47. The number of aliphatic carboxylic acids is 1. The monoisotopic (exact) mass is 350 g/mol. The lowest BCUT2D eigenvalue weighted by Gasteiger charge is -2.17. The maximum Gasteiger partial charge on any atom is 0.270 e. The Morgan fingerprint density at radius 2 is 1.92 bits per heavy atom. The second-order valence-electron chi connectivity index (χ2n) is 5.51. The molecule has 0 unspecified atom stereocenters. The van der Waals surface area contributed by atoms with E-state index in [2.05, 4.69) is 10.9 Å². The van der Waals surface area contributed by atoms with Crippen LogP contribution in [0.2, 0.25) is 0 Å². The SMILES string of the molecule is CCCC[C@H](CCC(=O)NNC(=O)c1cccc([N+](=O)[O-])c1)C(=O)[O-]. The van der Waals surface area contributed by atoms with Gasteiger partial charge in [-0.05, 0) is 24.8 Å². The molecule has 0 fully saturated rings. The summed E-state index contributed by atoms with van der Waals surface area (Å²) in [7, 11) is 0. The molecule has 0 heterocycles. The molecular formula is C16H20N3O6-. The molecule has 0 aliphatic rings. The van der Waals surface area contributed by atoms with Gasteiger partial charge in [-0.15, -0.1) is 0 Å². The molecule has 0 aliphatic heterocycles. The van der Waals surface area contributed by atoms with Crippen molar-refractivity contribution in [2.75, 3.05) is 0 Å². The lowest BCUT2D eigenvalue weighted by atomic mass is 9.97. The largest absolute Gasteiger partial charge is 0.550 e. The minimum Gasteiger partial charge on any atom is -0.550 e. The van der Waals surface area contributed by atoms with Gasteiger partial charge in [-0.2, -0.15) is 0 Å². The van der Waals surface area contributed by atoms with Gasteiger partial charge in [0.05, 0.1) is 4.92 Å². The fraction of sp³-hybridized carbons (Fsp3) is 0.438. The Kier molecular flexibility index (Phi) is 8.04. The fourth-order valence-corrected chi connectivity index (χ4v) is 2.16. The maximum atomic E-state index is 11.9. The van der Waals surface area contributed by atoms with Gasteiger partial charge in [0.25, 0.3) is 11.6 Å². The summed E-state index contributed by atoms with van der Waals surface area (Å²) in [6, 6.07) is 5.04. The lowest BCUT2D eigenvalue weighted by Crippen LogP contribution is -2.42. The number of nitrogens with one attached hydrogen (secondary N) is 2. The van der Waals surface area contributed by atoms with Crippen LogP contribution in [0.1, 0.15) is 49.4 Å². The summed E-state index contributed by atoms with van der Waals surface area (Å²) in [6.07, 6.45) is 2.03. The van der Waals surface area contributed by atoms with Gasteiger partial charge in [0.15, 0.2) is 0 Å². The number of rotatable bonds is 9. The molecule has 1 atom stereocenters. The van der Waals surface area contributed by atoms with Gasteiger partial charge in [0, 0.05) is 30.1 Å². The van der Waals surface area contributed by atoms with Crippen molar-refractivity contribution in [3.8, 4) is 0 Å². The molecule has 0 saturated heterocycles. The number of benzene rings is 1. The number of nitrogens with zero attached hydrogens (tertiary/aromatic N) is 1. The normalized spacial score (nSPS) is 11.4. The topological polar surface area (TPSA) is 141 Å². The lowest BCUT2D eigenvalue weighted by molar-refractivity contribution is -0.384. The molecule has 2 N–H and O–H groups in total. The van der Waals surface area contributed by atoms with E-state index in [4.69, 9.17) is 0 Å². The number of hydrazine groups is 1. The number of carbonyl (C=O) groups excluding carboxylic acids is 3. The standard InChI is InChI=1S/C16H21N3O6/c1-2-3-5-11(16(22)23)8-9-14(20)17-18-15(21)12-6-4-7-13(10-12)19(24)25/h4,6-7,10-11H,2-3,5,8-9H2,1H3,(H,17,20)(H,18,21)(H,22,23)/p-1/t11-/m1/s1. The van der Waals surface area contributed by atoms with E-state index < -0.39 is 28.6 Å². The summed E-state index contributed by atoms with van der Waals surface area (Å²) in [4.78, 5) is 44.6. The van der Waals surface area contributed by atoms with Crippen molar-refractivity contribution in [1.82, 2.24) is 10.9 Å². The van der Waals surface area contributed by atoms with Crippen molar-refractivity contribution in [2.45, 2.75) is 39.0 Å². The smallest absolute Gasteiger partial charge is 0.270 e. The quantitative estimate of drug-likeness (QED) is 0.496. The number of nitro benzene ring substituents is 1. The van der Waals surface area contributed by atoms with E-state index in [1.165, 1.54) is 18.2 Å². The van der Waals surface area contributed by atoms with Gasteiger partial charge >= 0.3 is 0 Å². The summed E-state index contributed by atoms with van der Waals surface area (Å²) in [5.41, 5.74) is 4.07. The van der Waals surface area contributed by atoms with E-state index in [9.17, 15) is 29.6 Å². The Labute approximate surface area is 144 Å². The van der Waals surface area contributed by atoms with Gasteiger partial charge in [-0.1, -0.05) is 25.8 Å². The van der Waals surface area contributed by atoms with Gasteiger partial charge in [-0.25, -0.2) is 0 Å². The number of nitro groups is 1. The van der Waals surface area contributed by atoms with Crippen molar-refractivity contribution < 1.29 is 24.4 Å². The molecule has 0 saturated carbocycles. The number of hydrogen-bond acceptors (Lipinski definition) is 6. The van der Waals surface area contributed by atoms with Gasteiger partial charge in [0.2, 0.25) is 5.91 Å². The molecule has 1 aromatic carbocycles. The second kappa shape index (κ2) is 10.0. The minimum atomic E-state index is -1.19. The van der Waals surface area contributed by atoms with Crippen LogP contribution in [0.25, 0.3) is 0 Å². The van der Waals surface area contributed by atoms with E-state index in [1.54, 1.807) is 0 Å². The highest BCUT2D eigenvalue weighted by atomic mass is 16.6. The predicted molar refractivity (Wildman–Crippen MR) is 86.0 cm³/mol. The highest BCUT2D eigenvalue weighted by Gasteiger charge is 2.14. The Hall–Kier alpha value is -2.97. The molecule has 0 aromatic heterocycles. The summed E-state index contributed by atoms with van der Waals surface area (Å²) in [5, 5.41) is 21.7. The molecule has 0 bridgehead atoms. The number of carbonyl (C=O) groups is 3. The number of hydrogen-bond donors (Lipinski definition) is 2. The highest BCUT2D eigenvalue weighted by Crippen LogP contribution is 2.14. The van der Waals surface area contributed by atoms with Gasteiger partial charge in [0.1, 0.15) is 0 Å². The Morgan fingerprint density at radius 1 is 1.20 bits per heavy atom. The number of amides is 2. The zero-order chi connectivity index (χ0) is 18.8. The third-order valence-electron chi connectivity index (χ3n) is 3.59. The Morgan fingerprint density at radius 3 is 2.52 bits per heavy atom. The van der Waals surface area contributed by atoms with E-state index >= 15 is 0 Å². The van der Waals surface area contributed by atoms with Crippen molar-refractivity contribution >= 4 is 23.5 Å². The average molecular weight is 350 g/mol. The summed E-state index contributed by atoms with van der Waals surface area (Å²) in [6.45, 7) is 1.93. The van der Waals surface area contributed by atoms with E-state index in [-0.39, 0.29) is 24.1 Å². The highest BCUT2D eigenvalue weighted by molar-refractivity contribution is 5.95. The molecule has 136 valence electrons. The first kappa shape index (κ1) is 20.1. The van der Waals surface area contributed by atoms with Crippen molar-refractivity contribution in [3.05, 3.63) is 39.9 Å². The molecule has 9 nitrogen and oxygen atoms in total. The molecule has 1 rings (SSSR count). The van der Waals surface area contributed by atoms with Crippen LogP contribution in [0.3, 0.4) is 0 Å². The number of carboxylic acids is 1. The van der Waals surface area contributed by atoms with Gasteiger partial charge < -0.3 is 9.90 Å². The number of non-ortho nitro benzene ring substituents is 1. The van der Waals surface area contributed by atoms with Crippen LogP contribution < -0.4 is 16.0 Å². The molecule has 0 radical (unpaired) electrons. The first-order valence-electron chi connectivity index (χ1n) is 7.89. The minimum absolute atomic E-state index is 0.0186. The van der Waals surface area contributed by atoms with Crippen LogP contribution in [-0.2, 0) is 9.59 Å². The van der Waals surface area contributed by atoms with Crippen LogP contribution in [0.4, 0.5) is 5.69 Å². The maximum absolute atomic E-state index is 11.9. The first-order valence-corrected chi connectivity index (χ1v) is 7.89. The second-order valence-corrected chi connectivity index (χ2v) is 5.51. The number of unbranched alkanes of at least 4 members (excludes halogenated alkanes) is 1. The fourth-order valence-electron chi connectivity index (χ4n) is 2.16. The predicted octanol–water partition coefficient (Wildman–Crippen LogP) is 0.692. The van der Waals surface area contributed by atoms with Crippen LogP contribution in [0.5, 0.6) is 0 Å². The third kappa shape index (κ3) is 6.98. The van der Waals surface area contributed by atoms with E-state index in [1.807, 2.05) is 6.92 Å². The number of carboxylic acid groups (broad SMARTS) is 1. The molecule has 0 aliphatic carbocycles. The van der Waals surface area contributed by atoms with Crippen molar-refractivity contribution in [3.63, 3.8) is 0 Å². The van der Waals surface area contributed by atoms with E-state index in [0.29, 0.717) is 6.42 Å². The van der Waals surface area contributed by atoms with Crippen LogP contribution >= 0.6 is 0 Å². The average Bonchev–Trinajstić information content (AvgIpc) is 2.59. The van der Waals surface area contributed by atoms with Crippen molar-refractivity contribution in [2.24, 2.45) is 5.92 Å². The third-order valence-corrected chi connectivity index (χ3v) is 3.59.